The van der Waals surface area contributed by atoms with Gasteiger partial charge in [-0.25, -0.2) is 0 Å². The normalized spacial score (nSPS) is 13.2. The fraction of sp³-hybridized carbons (Fsp3) is 0.0175. The smallest absolute Gasteiger partial charge is 0.159 e. The summed E-state index contributed by atoms with van der Waals surface area (Å²) in [5.41, 5.74) is 17.5. The van der Waals surface area contributed by atoms with Gasteiger partial charge in [-0.05, 0) is 108 Å². The van der Waals surface area contributed by atoms with Crippen LogP contribution in [0.1, 0.15) is 22.3 Å². The van der Waals surface area contributed by atoms with Crippen molar-refractivity contribution < 1.29 is 4.42 Å². The third kappa shape index (κ3) is 4.40. The highest BCUT2D eigenvalue weighted by molar-refractivity contribution is 6.12. The van der Waals surface area contributed by atoms with Gasteiger partial charge in [0, 0.05) is 21.8 Å². The van der Waals surface area contributed by atoms with Gasteiger partial charge in [-0.3, -0.25) is 0 Å². The zero-order chi connectivity index (χ0) is 38.7. The van der Waals surface area contributed by atoms with Gasteiger partial charge in [-0.2, -0.15) is 0 Å². The predicted octanol–water partition coefficient (Wildman–Crippen LogP) is 15.4. The van der Waals surface area contributed by atoms with E-state index in [9.17, 15) is 0 Å². The summed E-state index contributed by atoms with van der Waals surface area (Å²) in [7, 11) is 0. The lowest BCUT2D eigenvalue weighted by Crippen LogP contribution is -2.25. The summed E-state index contributed by atoms with van der Waals surface area (Å²) < 4.78 is 6.71. The molecule has 0 bridgehead atoms. The number of anilines is 3. The summed E-state index contributed by atoms with van der Waals surface area (Å²) in [6, 6.07) is 78.0. The first-order chi connectivity index (χ1) is 29.3. The van der Waals surface area contributed by atoms with Crippen molar-refractivity contribution in [2.24, 2.45) is 0 Å². The molecule has 0 saturated carbocycles. The standard InChI is InChI=1S/C57H35NO/c1-3-19-41-36(14-1)16-12-27-52(41)58(53-28-13-24-46-45-23-7-10-29-54(45)59-56(46)53)40-18-11-17-38(34-40)39-31-32-50-47(35-39)55-42-20-4-2-15-37(42)30-33-51(55)57(50)48-25-8-5-21-43(48)44-22-6-9-26-49(44)57/h1-35H. The van der Waals surface area contributed by atoms with Crippen LogP contribution in [0, 0.1) is 0 Å². The zero-order valence-corrected chi connectivity index (χ0v) is 32.1. The van der Waals surface area contributed by atoms with Crippen LogP contribution in [-0.2, 0) is 5.41 Å². The maximum Gasteiger partial charge on any atom is 0.159 e. The Kier molecular flexibility index (Phi) is 6.68. The molecule has 2 heteroatoms. The Morgan fingerprint density at radius 3 is 1.76 bits per heavy atom. The molecule has 0 amide bonds. The molecule has 1 spiro atoms. The molecule has 0 atom stereocenters. The van der Waals surface area contributed by atoms with Crippen LogP contribution in [0.3, 0.4) is 0 Å². The molecule has 0 fully saturated rings. The predicted molar refractivity (Wildman–Crippen MR) is 245 cm³/mol. The fourth-order valence-electron chi connectivity index (χ4n) is 10.6. The van der Waals surface area contributed by atoms with E-state index in [1.54, 1.807) is 0 Å². The molecule has 0 saturated heterocycles. The Morgan fingerprint density at radius 1 is 0.356 bits per heavy atom. The van der Waals surface area contributed by atoms with Crippen LogP contribution >= 0.6 is 0 Å². The lowest BCUT2D eigenvalue weighted by molar-refractivity contribution is 0.669. The summed E-state index contributed by atoms with van der Waals surface area (Å²) in [6.45, 7) is 0. The molecule has 1 aromatic heterocycles. The summed E-state index contributed by atoms with van der Waals surface area (Å²) in [6.07, 6.45) is 0. The Labute approximate surface area is 341 Å². The minimum absolute atomic E-state index is 0.404. The second-order valence-electron chi connectivity index (χ2n) is 15.9. The first-order valence-corrected chi connectivity index (χ1v) is 20.4. The minimum Gasteiger partial charge on any atom is -0.454 e. The number of hydrogen-bond donors (Lipinski definition) is 0. The Morgan fingerprint density at radius 2 is 0.932 bits per heavy atom. The summed E-state index contributed by atoms with van der Waals surface area (Å²) >= 11 is 0. The van der Waals surface area contributed by atoms with Crippen molar-refractivity contribution in [2.45, 2.75) is 5.41 Å². The first-order valence-electron chi connectivity index (χ1n) is 20.4. The van der Waals surface area contributed by atoms with Crippen molar-refractivity contribution in [1.82, 2.24) is 0 Å². The molecule has 0 aliphatic heterocycles. The summed E-state index contributed by atoms with van der Waals surface area (Å²) in [5.74, 6) is 0. The average Bonchev–Trinajstić information content (AvgIpc) is 3.94. The van der Waals surface area contributed by atoms with Crippen LogP contribution in [0.5, 0.6) is 0 Å². The second-order valence-corrected chi connectivity index (χ2v) is 15.9. The van der Waals surface area contributed by atoms with Crippen molar-refractivity contribution in [3.8, 4) is 33.4 Å². The minimum atomic E-state index is -0.404. The molecule has 2 aliphatic rings. The first kappa shape index (κ1) is 32.4. The molecule has 0 radical (unpaired) electrons. The van der Waals surface area contributed by atoms with Gasteiger partial charge in [-0.1, -0.05) is 176 Å². The van der Waals surface area contributed by atoms with Crippen LogP contribution in [-0.4, -0.2) is 0 Å². The maximum absolute atomic E-state index is 6.71. The van der Waals surface area contributed by atoms with Gasteiger partial charge in [0.15, 0.2) is 5.58 Å². The second kappa shape index (κ2) is 12.2. The van der Waals surface area contributed by atoms with Crippen molar-refractivity contribution in [3.63, 3.8) is 0 Å². The Hall–Kier alpha value is -7.68. The molecule has 274 valence electrons. The van der Waals surface area contributed by atoms with Gasteiger partial charge >= 0.3 is 0 Å². The molecule has 2 aliphatic carbocycles. The van der Waals surface area contributed by atoms with E-state index >= 15 is 0 Å². The van der Waals surface area contributed by atoms with Crippen LogP contribution < -0.4 is 4.90 Å². The van der Waals surface area contributed by atoms with E-state index in [1.165, 1.54) is 71.6 Å². The topological polar surface area (TPSA) is 16.4 Å². The molecule has 1 heterocycles. The molecule has 0 unspecified atom stereocenters. The molecular formula is C57H35NO. The van der Waals surface area contributed by atoms with Gasteiger partial charge in [-0.15, -0.1) is 0 Å². The van der Waals surface area contributed by atoms with Crippen LogP contribution in [0.15, 0.2) is 217 Å². The highest BCUT2D eigenvalue weighted by Gasteiger charge is 2.52. The van der Waals surface area contributed by atoms with Crippen molar-refractivity contribution >= 4 is 60.5 Å². The molecule has 11 aromatic rings. The van der Waals surface area contributed by atoms with E-state index in [-0.39, 0.29) is 0 Å². The van der Waals surface area contributed by atoms with Crippen molar-refractivity contribution in [3.05, 3.63) is 235 Å². The van der Waals surface area contributed by atoms with Gasteiger partial charge in [0.1, 0.15) is 5.58 Å². The Bertz CT molecular complexity index is 3480. The number of hydrogen-bond acceptors (Lipinski definition) is 2. The third-order valence-electron chi connectivity index (χ3n) is 13.0. The summed E-state index contributed by atoms with van der Waals surface area (Å²) in [4.78, 5) is 2.38. The van der Waals surface area contributed by atoms with E-state index < -0.39 is 5.41 Å². The number of furan rings is 1. The van der Waals surface area contributed by atoms with E-state index in [0.717, 1.165) is 44.6 Å². The zero-order valence-electron chi connectivity index (χ0n) is 32.1. The molecule has 59 heavy (non-hydrogen) atoms. The number of para-hydroxylation sites is 2. The van der Waals surface area contributed by atoms with Gasteiger partial charge in [0.25, 0.3) is 0 Å². The molecule has 13 rings (SSSR count). The van der Waals surface area contributed by atoms with Crippen molar-refractivity contribution in [2.75, 3.05) is 4.90 Å². The largest absolute Gasteiger partial charge is 0.454 e. The molecule has 2 nitrogen and oxygen atoms in total. The van der Waals surface area contributed by atoms with E-state index in [0.29, 0.717) is 0 Å². The molecular weight excluding hydrogens is 715 g/mol. The molecule has 0 N–H and O–H groups in total. The number of fused-ring (bicyclic) bond motifs is 16. The van der Waals surface area contributed by atoms with E-state index in [1.807, 2.05) is 6.07 Å². The quantitative estimate of drug-likeness (QED) is 0.178. The highest BCUT2D eigenvalue weighted by atomic mass is 16.3. The SMILES string of the molecule is c1cc(-c2ccc3c(c2)-c2c(ccc4ccccc24)C32c3ccccc3-c3ccccc32)cc(N(c2cccc3ccccc23)c2cccc3c2oc2ccccc23)c1. The number of rotatable bonds is 4. The van der Waals surface area contributed by atoms with Crippen molar-refractivity contribution in [1.29, 1.82) is 0 Å². The average molecular weight is 750 g/mol. The summed E-state index contributed by atoms with van der Waals surface area (Å²) in [5, 5.41) is 7.14. The van der Waals surface area contributed by atoms with Crippen LogP contribution in [0.25, 0.3) is 76.9 Å². The Balaban J connectivity index is 1.05. The number of nitrogens with zero attached hydrogens (tertiary/aromatic N) is 1. The molecule has 10 aromatic carbocycles. The lowest BCUT2D eigenvalue weighted by Gasteiger charge is -2.30. The maximum atomic E-state index is 6.71. The van der Waals surface area contributed by atoms with Crippen LogP contribution in [0.4, 0.5) is 17.1 Å². The van der Waals surface area contributed by atoms with E-state index in [4.69, 9.17) is 4.42 Å². The third-order valence-corrected chi connectivity index (χ3v) is 13.0. The highest BCUT2D eigenvalue weighted by Crippen LogP contribution is 2.64. The van der Waals surface area contributed by atoms with Crippen LogP contribution in [0.2, 0.25) is 0 Å². The van der Waals surface area contributed by atoms with E-state index in [2.05, 4.69) is 211 Å². The lowest BCUT2D eigenvalue weighted by atomic mass is 9.70. The van der Waals surface area contributed by atoms with Gasteiger partial charge in [0.05, 0.1) is 16.8 Å². The number of benzene rings is 10. The van der Waals surface area contributed by atoms with Gasteiger partial charge < -0.3 is 9.32 Å². The van der Waals surface area contributed by atoms with Gasteiger partial charge in [0.2, 0.25) is 0 Å². The fourth-order valence-corrected chi connectivity index (χ4v) is 10.6. The monoisotopic (exact) mass is 749 g/mol.